The van der Waals surface area contributed by atoms with Gasteiger partial charge in [0.25, 0.3) is 5.89 Å². The first-order chi connectivity index (χ1) is 12.9. The van der Waals surface area contributed by atoms with Gasteiger partial charge in [-0.3, -0.25) is 0 Å². The van der Waals surface area contributed by atoms with E-state index >= 15 is 0 Å². The van der Waals surface area contributed by atoms with Crippen molar-refractivity contribution in [2.45, 2.75) is 37.5 Å². The van der Waals surface area contributed by atoms with Crippen LogP contribution in [0.15, 0.2) is 50.5 Å². The zero-order valence-corrected chi connectivity index (χ0v) is 16.1. The van der Waals surface area contributed by atoms with Crippen LogP contribution in [0.1, 0.15) is 35.8 Å². The second-order valence-electron chi connectivity index (χ2n) is 6.90. The molecule has 7 nitrogen and oxygen atoms in total. The van der Waals surface area contributed by atoms with Gasteiger partial charge in [-0.2, -0.15) is 4.31 Å². The Hall–Kier alpha value is -2.45. The normalized spacial score (nSPS) is 16.7. The molecule has 27 heavy (non-hydrogen) atoms. The predicted octanol–water partition coefficient (Wildman–Crippen LogP) is 3.51. The summed E-state index contributed by atoms with van der Waals surface area (Å²) in [5.74, 6) is 1.03. The highest BCUT2D eigenvalue weighted by atomic mass is 32.2. The Kier molecular flexibility index (Phi) is 4.61. The summed E-state index contributed by atoms with van der Waals surface area (Å²) in [6.45, 7) is 4.66. The zero-order chi connectivity index (χ0) is 19.0. The van der Waals surface area contributed by atoms with E-state index in [0.29, 0.717) is 42.6 Å². The Labute approximate surface area is 158 Å². The van der Waals surface area contributed by atoms with E-state index in [1.54, 1.807) is 29.0 Å². The highest BCUT2D eigenvalue weighted by Gasteiger charge is 2.32. The molecule has 1 saturated heterocycles. The molecular weight excluding hydrogens is 366 g/mol. The molecule has 1 aliphatic heterocycles. The van der Waals surface area contributed by atoms with Crippen molar-refractivity contribution in [3.05, 3.63) is 53.8 Å². The number of aryl methyl sites for hydroxylation is 2. The van der Waals surface area contributed by atoms with Crippen LogP contribution in [0.4, 0.5) is 0 Å². The SMILES string of the molecule is Cc1ccc(S(=O)(=O)N2CCC(c3nnc(-c4ccoc4)o3)CC2)c(C)c1. The van der Waals surface area contributed by atoms with E-state index in [-0.39, 0.29) is 5.92 Å². The third-order valence-corrected chi connectivity index (χ3v) is 7.02. The minimum absolute atomic E-state index is 0.0590. The van der Waals surface area contributed by atoms with Crippen LogP contribution in [0.3, 0.4) is 0 Å². The molecule has 0 radical (unpaired) electrons. The Morgan fingerprint density at radius 2 is 1.89 bits per heavy atom. The van der Waals surface area contributed by atoms with E-state index in [4.69, 9.17) is 8.83 Å². The molecule has 0 amide bonds. The molecule has 0 unspecified atom stereocenters. The molecule has 0 bridgehead atoms. The van der Waals surface area contributed by atoms with Crippen molar-refractivity contribution in [2.24, 2.45) is 0 Å². The molecule has 0 aliphatic carbocycles. The van der Waals surface area contributed by atoms with Gasteiger partial charge in [0.15, 0.2) is 0 Å². The Balaban J connectivity index is 1.47. The van der Waals surface area contributed by atoms with Gasteiger partial charge in [0.05, 0.1) is 16.7 Å². The van der Waals surface area contributed by atoms with Crippen molar-refractivity contribution in [2.75, 3.05) is 13.1 Å². The molecule has 0 spiro atoms. The molecule has 0 N–H and O–H groups in total. The molecule has 1 fully saturated rings. The Morgan fingerprint density at radius 3 is 2.56 bits per heavy atom. The lowest BCUT2D eigenvalue weighted by Gasteiger charge is -2.30. The maximum absolute atomic E-state index is 13.0. The van der Waals surface area contributed by atoms with Gasteiger partial charge in [-0.15, -0.1) is 10.2 Å². The highest BCUT2D eigenvalue weighted by Crippen LogP contribution is 2.32. The number of hydrogen-bond acceptors (Lipinski definition) is 6. The van der Waals surface area contributed by atoms with Gasteiger partial charge in [-0.1, -0.05) is 17.7 Å². The van der Waals surface area contributed by atoms with Crippen LogP contribution in [0.2, 0.25) is 0 Å². The molecule has 0 saturated carbocycles. The fourth-order valence-electron chi connectivity index (χ4n) is 3.47. The summed E-state index contributed by atoms with van der Waals surface area (Å²) in [4.78, 5) is 0.381. The third kappa shape index (κ3) is 3.42. The fraction of sp³-hybridized carbons (Fsp3) is 0.368. The molecule has 3 aromatic rings. The van der Waals surface area contributed by atoms with E-state index in [1.807, 2.05) is 26.0 Å². The lowest BCUT2D eigenvalue weighted by Crippen LogP contribution is -2.38. The fourth-order valence-corrected chi connectivity index (χ4v) is 5.15. The minimum Gasteiger partial charge on any atom is -0.472 e. The van der Waals surface area contributed by atoms with Crippen LogP contribution in [0.25, 0.3) is 11.5 Å². The Morgan fingerprint density at radius 1 is 1.11 bits per heavy atom. The van der Waals surface area contributed by atoms with Crippen LogP contribution in [0.5, 0.6) is 0 Å². The number of nitrogens with zero attached hydrogens (tertiary/aromatic N) is 3. The lowest BCUT2D eigenvalue weighted by molar-refractivity contribution is 0.291. The van der Waals surface area contributed by atoms with Crippen LogP contribution >= 0.6 is 0 Å². The molecular formula is C19H21N3O4S. The second-order valence-corrected chi connectivity index (χ2v) is 8.81. The summed E-state index contributed by atoms with van der Waals surface area (Å²) in [7, 11) is -3.49. The van der Waals surface area contributed by atoms with E-state index in [2.05, 4.69) is 10.2 Å². The van der Waals surface area contributed by atoms with Crippen molar-refractivity contribution in [3.63, 3.8) is 0 Å². The number of furan rings is 1. The van der Waals surface area contributed by atoms with Gasteiger partial charge in [0, 0.05) is 19.0 Å². The van der Waals surface area contributed by atoms with Crippen LogP contribution in [0, 0.1) is 13.8 Å². The summed E-state index contributed by atoms with van der Waals surface area (Å²) in [6.07, 6.45) is 4.40. The number of aromatic nitrogens is 2. The molecule has 2 aromatic heterocycles. The van der Waals surface area contributed by atoms with Crippen LogP contribution in [-0.4, -0.2) is 36.0 Å². The predicted molar refractivity (Wildman–Crippen MR) is 98.6 cm³/mol. The van der Waals surface area contributed by atoms with Crippen LogP contribution in [-0.2, 0) is 10.0 Å². The summed E-state index contributed by atoms with van der Waals surface area (Å²) in [5, 5.41) is 8.20. The number of benzene rings is 1. The molecule has 142 valence electrons. The lowest BCUT2D eigenvalue weighted by atomic mass is 9.98. The van der Waals surface area contributed by atoms with Crippen molar-refractivity contribution in [1.82, 2.24) is 14.5 Å². The molecule has 0 atom stereocenters. The van der Waals surface area contributed by atoms with E-state index in [0.717, 1.165) is 16.7 Å². The molecule has 1 aliphatic rings. The van der Waals surface area contributed by atoms with E-state index in [9.17, 15) is 8.42 Å². The molecule has 4 rings (SSSR count). The average Bonchev–Trinajstić information content (AvgIpc) is 3.33. The maximum Gasteiger partial charge on any atom is 0.250 e. The van der Waals surface area contributed by atoms with Crippen molar-refractivity contribution in [1.29, 1.82) is 0 Å². The molecule has 3 heterocycles. The quantitative estimate of drug-likeness (QED) is 0.680. The number of sulfonamides is 1. The summed E-state index contributed by atoms with van der Waals surface area (Å²) >= 11 is 0. The molecule has 8 heteroatoms. The van der Waals surface area contributed by atoms with E-state index < -0.39 is 10.0 Å². The smallest absolute Gasteiger partial charge is 0.250 e. The van der Waals surface area contributed by atoms with Gasteiger partial charge in [-0.25, -0.2) is 8.42 Å². The summed E-state index contributed by atoms with van der Waals surface area (Å²) in [5.41, 5.74) is 2.57. The first kappa shape index (κ1) is 17.9. The van der Waals surface area contributed by atoms with E-state index in [1.165, 1.54) is 0 Å². The van der Waals surface area contributed by atoms with Crippen LogP contribution < -0.4 is 0 Å². The van der Waals surface area contributed by atoms with Gasteiger partial charge < -0.3 is 8.83 Å². The van der Waals surface area contributed by atoms with Gasteiger partial charge in [-0.05, 0) is 44.4 Å². The third-order valence-electron chi connectivity index (χ3n) is 4.96. The van der Waals surface area contributed by atoms with Crippen molar-refractivity contribution >= 4 is 10.0 Å². The summed E-state index contributed by atoms with van der Waals surface area (Å²) in [6, 6.07) is 7.19. The van der Waals surface area contributed by atoms with Gasteiger partial charge in [0.1, 0.15) is 6.26 Å². The number of rotatable bonds is 4. The van der Waals surface area contributed by atoms with Gasteiger partial charge in [0.2, 0.25) is 15.9 Å². The number of hydrogen-bond donors (Lipinski definition) is 0. The van der Waals surface area contributed by atoms with Gasteiger partial charge >= 0.3 is 0 Å². The zero-order valence-electron chi connectivity index (χ0n) is 15.3. The average molecular weight is 387 g/mol. The molecule has 1 aromatic carbocycles. The first-order valence-corrected chi connectivity index (χ1v) is 10.3. The topological polar surface area (TPSA) is 89.4 Å². The summed E-state index contributed by atoms with van der Waals surface area (Å²) < 4.78 is 38.3. The van der Waals surface area contributed by atoms with Crippen molar-refractivity contribution in [3.8, 4) is 11.5 Å². The standard InChI is InChI=1S/C19H21N3O4S/c1-13-3-4-17(14(2)11-13)27(23,24)22-8-5-15(6-9-22)18-20-21-19(26-18)16-7-10-25-12-16/h3-4,7,10-12,15H,5-6,8-9H2,1-2H3. The highest BCUT2D eigenvalue weighted by molar-refractivity contribution is 7.89. The first-order valence-electron chi connectivity index (χ1n) is 8.88. The Bertz CT molecular complexity index is 1030. The second kappa shape index (κ2) is 6.94. The maximum atomic E-state index is 13.0. The number of piperidine rings is 1. The monoisotopic (exact) mass is 387 g/mol. The largest absolute Gasteiger partial charge is 0.472 e. The van der Waals surface area contributed by atoms with Crippen molar-refractivity contribution < 1.29 is 17.3 Å². The minimum atomic E-state index is -3.49.